The Bertz CT molecular complexity index is 651. The molecule has 1 saturated heterocycles. The molecule has 0 amide bonds. The van der Waals surface area contributed by atoms with Crippen LogP contribution in [-0.2, 0) is 14.8 Å². The fourth-order valence-corrected chi connectivity index (χ4v) is 5.41. The molecular formula is C16H21NO3S. The molecule has 114 valence electrons. The third kappa shape index (κ3) is 2.42. The molecule has 0 radical (unpaired) electrons. The van der Waals surface area contributed by atoms with Gasteiger partial charge in [-0.1, -0.05) is 24.6 Å². The molecule has 3 atom stereocenters. The van der Waals surface area contributed by atoms with E-state index in [1.165, 1.54) is 4.31 Å². The first kappa shape index (κ1) is 14.7. The summed E-state index contributed by atoms with van der Waals surface area (Å²) in [6.45, 7) is 4.44. The Morgan fingerprint density at radius 2 is 1.86 bits per heavy atom. The summed E-state index contributed by atoms with van der Waals surface area (Å²) in [7, 11) is -3.58. The van der Waals surface area contributed by atoms with Gasteiger partial charge in [-0.2, -0.15) is 4.31 Å². The summed E-state index contributed by atoms with van der Waals surface area (Å²) in [6, 6.07) is 6.42. The van der Waals surface area contributed by atoms with Crippen molar-refractivity contribution in [3.63, 3.8) is 0 Å². The van der Waals surface area contributed by atoms with Crippen LogP contribution < -0.4 is 0 Å². The van der Waals surface area contributed by atoms with Crippen LogP contribution in [0.2, 0.25) is 0 Å². The van der Waals surface area contributed by atoms with E-state index in [-0.39, 0.29) is 17.6 Å². The second-order valence-corrected chi connectivity index (χ2v) is 8.22. The number of carbonyl (C=O) groups excluding carboxylic acids is 1. The number of carbonyl (C=O) groups is 1. The molecule has 0 spiro atoms. The first-order valence-corrected chi connectivity index (χ1v) is 8.96. The van der Waals surface area contributed by atoms with E-state index in [9.17, 15) is 13.2 Å². The zero-order valence-electron chi connectivity index (χ0n) is 12.5. The van der Waals surface area contributed by atoms with Gasteiger partial charge >= 0.3 is 0 Å². The van der Waals surface area contributed by atoms with Gasteiger partial charge in [-0.15, -0.1) is 0 Å². The first-order valence-electron chi connectivity index (χ1n) is 7.52. The summed E-state index contributed by atoms with van der Waals surface area (Å²) in [5, 5.41) is 0. The zero-order chi connectivity index (χ0) is 15.2. The SMILES string of the molecule is Cc1ccc(S(=O)(=O)N2C[C@H](C)[C@H]3CCCC(=O)[C@H]32)cc1. The standard InChI is InChI=1S/C16H21NO3S/c1-11-6-8-13(9-7-11)21(19,20)17-10-12(2)14-4-3-5-15(18)16(14)17/h6-9,12,14,16H,3-5,10H2,1-2H3/t12-,14+,16-/m0/s1. The van der Waals surface area contributed by atoms with Crippen LogP contribution >= 0.6 is 0 Å². The Balaban J connectivity index is 1.98. The van der Waals surface area contributed by atoms with E-state index in [1.807, 2.05) is 6.92 Å². The molecule has 3 rings (SSSR count). The lowest BCUT2D eigenvalue weighted by atomic mass is 9.80. The van der Waals surface area contributed by atoms with Crippen LogP contribution in [0.1, 0.15) is 31.7 Å². The lowest BCUT2D eigenvalue weighted by Gasteiger charge is -2.30. The van der Waals surface area contributed by atoms with Gasteiger partial charge in [-0.05, 0) is 43.7 Å². The maximum atomic E-state index is 12.9. The van der Waals surface area contributed by atoms with Gasteiger partial charge in [0.15, 0.2) is 5.78 Å². The third-order valence-corrected chi connectivity index (χ3v) is 6.69. The fraction of sp³-hybridized carbons (Fsp3) is 0.562. The Morgan fingerprint density at radius 3 is 2.52 bits per heavy atom. The van der Waals surface area contributed by atoms with Gasteiger partial charge in [0.2, 0.25) is 10.0 Å². The molecule has 4 nitrogen and oxygen atoms in total. The van der Waals surface area contributed by atoms with Gasteiger partial charge in [0.25, 0.3) is 0 Å². The molecule has 2 fully saturated rings. The highest BCUT2D eigenvalue weighted by Crippen LogP contribution is 2.40. The number of hydrogen-bond acceptors (Lipinski definition) is 3. The summed E-state index contributed by atoms with van der Waals surface area (Å²) >= 11 is 0. The summed E-state index contributed by atoms with van der Waals surface area (Å²) in [5.74, 6) is 0.525. The number of sulfonamides is 1. The zero-order valence-corrected chi connectivity index (χ0v) is 13.3. The Hall–Kier alpha value is -1.20. The smallest absolute Gasteiger partial charge is 0.243 e. The first-order chi connectivity index (χ1) is 9.91. The van der Waals surface area contributed by atoms with E-state index in [0.29, 0.717) is 17.9 Å². The molecule has 1 aromatic rings. The predicted molar refractivity (Wildman–Crippen MR) is 80.4 cm³/mol. The number of fused-ring (bicyclic) bond motifs is 1. The Kier molecular flexibility index (Phi) is 3.66. The molecule has 0 unspecified atom stereocenters. The van der Waals surface area contributed by atoms with Crippen molar-refractivity contribution in [1.82, 2.24) is 4.31 Å². The highest BCUT2D eigenvalue weighted by atomic mass is 32.2. The number of aryl methyl sites for hydroxylation is 1. The van der Waals surface area contributed by atoms with E-state index in [0.717, 1.165) is 18.4 Å². The average molecular weight is 307 g/mol. The Morgan fingerprint density at radius 1 is 1.19 bits per heavy atom. The predicted octanol–water partition coefficient (Wildman–Crippen LogP) is 2.37. The monoisotopic (exact) mass is 307 g/mol. The van der Waals surface area contributed by atoms with Crippen molar-refractivity contribution in [1.29, 1.82) is 0 Å². The van der Waals surface area contributed by atoms with Crippen molar-refractivity contribution in [3.8, 4) is 0 Å². The number of hydrogen-bond donors (Lipinski definition) is 0. The lowest BCUT2D eigenvalue weighted by molar-refractivity contribution is -0.125. The molecule has 1 saturated carbocycles. The summed E-state index contributed by atoms with van der Waals surface area (Å²) in [5.41, 5.74) is 1.02. The molecule has 21 heavy (non-hydrogen) atoms. The van der Waals surface area contributed by atoms with Crippen molar-refractivity contribution in [2.45, 2.75) is 44.0 Å². The quantitative estimate of drug-likeness (QED) is 0.843. The molecule has 2 aliphatic rings. The molecular weight excluding hydrogens is 286 g/mol. The molecule has 0 bridgehead atoms. The topological polar surface area (TPSA) is 54.5 Å². The van der Waals surface area contributed by atoms with Crippen LogP contribution in [0.3, 0.4) is 0 Å². The summed E-state index contributed by atoms with van der Waals surface area (Å²) in [6.07, 6.45) is 2.36. The van der Waals surface area contributed by atoms with Crippen LogP contribution in [0.25, 0.3) is 0 Å². The minimum Gasteiger partial charge on any atom is -0.298 e. The number of rotatable bonds is 2. The van der Waals surface area contributed by atoms with E-state index in [1.54, 1.807) is 24.3 Å². The summed E-state index contributed by atoms with van der Waals surface area (Å²) < 4.78 is 27.2. The van der Waals surface area contributed by atoms with Crippen LogP contribution in [0.4, 0.5) is 0 Å². The van der Waals surface area contributed by atoms with Gasteiger partial charge in [-0.25, -0.2) is 8.42 Å². The van der Waals surface area contributed by atoms with Crippen LogP contribution in [0.15, 0.2) is 29.2 Å². The van der Waals surface area contributed by atoms with Crippen molar-refractivity contribution in [3.05, 3.63) is 29.8 Å². The second-order valence-electron chi connectivity index (χ2n) is 6.33. The van der Waals surface area contributed by atoms with Gasteiger partial charge in [0.05, 0.1) is 10.9 Å². The second kappa shape index (κ2) is 5.21. The molecule has 1 aliphatic carbocycles. The van der Waals surface area contributed by atoms with Crippen molar-refractivity contribution in [2.75, 3.05) is 6.54 Å². The average Bonchev–Trinajstić information content (AvgIpc) is 2.79. The van der Waals surface area contributed by atoms with E-state index >= 15 is 0 Å². The minimum atomic E-state index is -3.58. The number of benzene rings is 1. The maximum Gasteiger partial charge on any atom is 0.243 e. The lowest BCUT2D eigenvalue weighted by Crippen LogP contribution is -2.44. The molecule has 0 N–H and O–H groups in total. The largest absolute Gasteiger partial charge is 0.298 e. The number of ketones is 1. The number of Topliss-reactive ketones (excluding diaryl/α,β-unsaturated/α-hetero) is 1. The molecule has 5 heteroatoms. The van der Waals surface area contributed by atoms with E-state index in [4.69, 9.17) is 0 Å². The van der Waals surface area contributed by atoms with Crippen molar-refractivity contribution < 1.29 is 13.2 Å². The van der Waals surface area contributed by atoms with Crippen LogP contribution in [0.5, 0.6) is 0 Å². The highest BCUT2D eigenvalue weighted by Gasteiger charge is 2.49. The van der Waals surface area contributed by atoms with Crippen molar-refractivity contribution in [2.24, 2.45) is 11.8 Å². The molecule has 1 aliphatic heterocycles. The highest BCUT2D eigenvalue weighted by molar-refractivity contribution is 7.89. The van der Waals surface area contributed by atoms with Crippen LogP contribution in [0, 0.1) is 18.8 Å². The van der Waals surface area contributed by atoms with Gasteiger partial charge in [0.1, 0.15) is 0 Å². The van der Waals surface area contributed by atoms with Gasteiger partial charge in [-0.3, -0.25) is 4.79 Å². The molecule has 1 heterocycles. The maximum absolute atomic E-state index is 12.9. The van der Waals surface area contributed by atoms with Gasteiger partial charge < -0.3 is 0 Å². The minimum absolute atomic E-state index is 0.0892. The van der Waals surface area contributed by atoms with Crippen molar-refractivity contribution >= 4 is 15.8 Å². The number of nitrogens with zero attached hydrogens (tertiary/aromatic N) is 1. The third-order valence-electron chi connectivity index (χ3n) is 4.83. The van der Waals surface area contributed by atoms with E-state index in [2.05, 4.69) is 6.92 Å². The Labute approximate surface area is 126 Å². The fourth-order valence-electron chi connectivity index (χ4n) is 3.65. The van der Waals surface area contributed by atoms with Gasteiger partial charge in [0, 0.05) is 13.0 Å². The van der Waals surface area contributed by atoms with Crippen LogP contribution in [-0.4, -0.2) is 31.1 Å². The van der Waals surface area contributed by atoms with E-state index < -0.39 is 16.1 Å². The summed E-state index contributed by atoms with van der Waals surface area (Å²) in [4.78, 5) is 12.5. The molecule has 1 aromatic carbocycles. The molecule has 0 aromatic heterocycles. The normalized spacial score (nSPS) is 30.4.